The first-order valence-electron chi connectivity index (χ1n) is 9.35. The minimum absolute atomic E-state index is 0.00308. The second kappa shape index (κ2) is 7.31. The number of benzene rings is 1. The molecule has 0 bridgehead atoms. The van der Waals surface area contributed by atoms with Gasteiger partial charge in [0, 0.05) is 19.6 Å². The quantitative estimate of drug-likeness (QED) is 0.689. The van der Waals surface area contributed by atoms with Crippen molar-refractivity contribution >= 4 is 17.8 Å². The highest BCUT2D eigenvalue weighted by atomic mass is 16.7. The molecule has 9 heteroatoms. The number of carbonyl (C=O) groups is 3. The number of fused-ring (bicyclic) bond motifs is 1. The Morgan fingerprint density at radius 2 is 2.14 bits per heavy atom. The Morgan fingerprint density at radius 1 is 1.32 bits per heavy atom. The van der Waals surface area contributed by atoms with Crippen LogP contribution in [0.3, 0.4) is 0 Å². The Kier molecular flexibility index (Phi) is 4.84. The molecule has 0 spiro atoms. The van der Waals surface area contributed by atoms with E-state index in [-0.39, 0.29) is 31.8 Å². The molecule has 0 aromatic heterocycles. The van der Waals surface area contributed by atoms with Gasteiger partial charge in [-0.25, -0.2) is 4.79 Å². The van der Waals surface area contributed by atoms with Crippen LogP contribution in [0.4, 0.5) is 4.79 Å². The molecule has 2 N–H and O–H groups in total. The van der Waals surface area contributed by atoms with Crippen molar-refractivity contribution in [2.75, 3.05) is 26.5 Å². The van der Waals surface area contributed by atoms with Crippen molar-refractivity contribution < 1.29 is 28.6 Å². The lowest BCUT2D eigenvalue weighted by atomic mass is 9.92. The third kappa shape index (κ3) is 3.62. The highest BCUT2D eigenvalue weighted by Crippen LogP contribution is 2.34. The highest BCUT2D eigenvalue weighted by Gasteiger charge is 2.48. The van der Waals surface area contributed by atoms with E-state index < -0.39 is 17.5 Å². The summed E-state index contributed by atoms with van der Waals surface area (Å²) in [5.41, 5.74) is -0.301. The van der Waals surface area contributed by atoms with E-state index >= 15 is 0 Å². The van der Waals surface area contributed by atoms with E-state index in [0.29, 0.717) is 24.7 Å². The molecule has 150 valence electrons. The summed E-state index contributed by atoms with van der Waals surface area (Å²) in [6, 6.07) is 4.83. The molecule has 2 saturated heterocycles. The lowest BCUT2D eigenvalue weighted by Crippen LogP contribution is -2.47. The van der Waals surface area contributed by atoms with E-state index in [9.17, 15) is 14.4 Å². The maximum atomic E-state index is 12.9. The average molecular weight is 389 g/mol. The number of hydrogen-bond donors (Lipinski definition) is 2. The number of nitrogens with one attached hydrogen (secondary N) is 2. The first-order chi connectivity index (χ1) is 13.4. The second-order valence-electron chi connectivity index (χ2n) is 7.46. The summed E-state index contributed by atoms with van der Waals surface area (Å²) in [6.45, 7) is 2.60. The molecule has 0 aliphatic carbocycles. The van der Waals surface area contributed by atoms with Crippen molar-refractivity contribution in [1.29, 1.82) is 0 Å². The van der Waals surface area contributed by atoms with Crippen LogP contribution < -0.4 is 20.1 Å². The molecule has 0 unspecified atom stereocenters. The molecule has 1 aromatic carbocycles. The number of amides is 4. The molecule has 2 atom stereocenters. The van der Waals surface area contributed by atoms with E-state index in [1.54, 1.807) is 19.1 Å². The molecule has 4 rings (SSSR count). The predicted octanol–water partition coefficient (Wildman–Crippen LogP) is 0.563. The van der Waals surface area contributed by atoms with Gasteiger partial charge in [0.25, 0.3) is 5.91 Å². The van der Waals surface area contributed by atoms with E-state index in [1.165, 1.54) is 0 Å². The van der Waals surface area contributed by atoms with Crippen molar-refractivity contribution in [3.63, 3.8) is 0 Å². The topological polar surface area (TPSA) is 106 Å². The van der Waals surface area contributed by atoms with E-state index in [1.807, 2.05) is 6.07 Å². The fourth-order valence-corrected chi connectivity index (χ4v) is 3.70. The van der Waals surface area contributed by atoms with Gasteiger partial charge in [0.1, 0.15) is 12.1 Å². The summed E-state index contributed by atoms with van der Waals surface area (Å²) in [4.78, 5) is 38.3. The summed E-state index contributed by atoms with van der Waals surface area (Å²) in [6.07, 6.45) is 2.16. The normalized spacial score (nSPS) is 25.9. The summed E-state index contributed by atoms with van der Waals surface area (Å²) >= 11 is 0. The van der Waals surface area contributed by atoms with Crippen LogP contribution in [0.2, 0.25) is 0 Å². The Hall–Kier alpha value is -2.81. The minimum atomic E-state index is -1.13. The lowest BCUT2D eigenvalue weighted by Gasteiger charge is -2.22. The maximum absolute atomic E-state index is 12.9. The number of nitrogens with zero attached hydrogens (tertiary/aromatic N) is 1. The van der Waals surface area contributed by atoms with Crippen LogP contribution in [0.15, 0.2) is 18.2 Å². The zero-order chi connectivity index (χ0) is 19.7. The van der Waals surface area contributed by atoms with Crippen molar-refractivity contribution in [2.24, 2.45) is 0 Å². The van der Waals surface area contributed by atoms with Crippen LogP contribution in [-0.2, 0) is 20.7 Å². The molecular formula is C19H23N3O6. The Balaban J connectivity index is 1.37. The van der Waals surface area contributed by atoms with Gasteiger partial charge in [-0.3, -0.25) is 14.5 Å². The van der Waals surface area contributed by atoms with Crippen LogP contribution in [0, 0.1) is 0 Å². The van der Waals surface area contributed by atoms with Gasteiger partial charge in [0.05, 0.1) is 6.10 Å². The van der Waals surface area contributed by atoms with Gasteiger partial charge in [-0.2, -0.15) is 0 Å². The molecule has 3 aliphatic heterocycles. The Morgan fingerprint density at radius 3 is 2.93 bits per heavy atom. The molecule has 9 nitrogen and oxygen atoms in total. The molecule has 4 amide bonds. The van der Waals surface area contributed by atoms with Crippen LogP contribution in [0.5, 0.6) is 11.5 Å². The standard InChI is InChI=1S/C19H23N3O6/c1-19(8-12-4-5-14-15(7-12)28-11-27-14)17(24)22(18(25)21-19)10-16(23)20-9-13-3-2-6-26-13/h4-5,7,13H,2-3,6,8-11H2,1H3,(H,20,23)(H,21,25)/t13-,19+/m1/s1. The van der Waals surface area contributed by atoms with Crippen LogP contribution in [-0.4, -0.2) is 60.9 Å². The molecule has 3 heterocycles. The van der Waals surface area contributed by atoms with Crippen molar-refractivity contribution in [3.05, 3.63) is 23.8 Å². The first-order valence-corrected chi connectivity index (χ1v) is 9.35. The van der Waals surface area contributed by atoms with Gasteiger partial charge >= 0.3 is 6.03 Å². The van der Waals surface area contributed by atoms with E-state index in [2.05, 4.69) is 10.6 Å². The van der Waals surface area contributed by atoms with Crippen molar-refractivity contribution in [1.82, 2.24) is 15.5 Å². The highest BCUT2D eigenvalue weighted by molar-refractivity contribution is 6.08. The first kappa shape index (κ1) is 18.5. The van der Waals surface area contributed by atoms with Gasteiger partial charge in [0.15, 0.2) is 11.5 Å². The zero-order valence-corrected chi connectivity index (χ0v) is 15.7. The number of imide groups is 1. The fourth-order valence-electron chi connectivity index (χ4n) is 3.70. The summed E-state index contributed by atoms with van der Waals surface area (Å²) in [7, 11) is 0. The van der Waals surface area contributed by atoms with Gasteiger partial charge in [-0.15, -0.1) is 0 Å². The third-order valence-electron chi connectivity index (χ3n) is 5.19. The molecule has 2 fully saturated rings. The number of ether oxygens (including phenoxy) is 3. The average Bonchev–Trinajstić information content (AvgIpc) is 3.38. The largest absolute Gasteiger partial charge is 0.454 e. The summed E-state index contributed by atoms with van der Waals surface area (Å²) in [5.74, 6) is 0.456. The maximum Gasteiger partial charge on any atom is 0.325 e. The number of rotatable bonds is 6. The van der Waals surface area contributed by atoms with Gasteiger partial charge in [-0.1, -0.05) is 6.07 Å². The van der Waals surface area contributed by atoms with Crippen LogP contribution in [0.1, 0.15) is 25.3 Å². The number of urea groups is 1. The summed E-state index contributed by atoms with van der Waals surface area (Å²) < 4.78 is 16.1. The molecular weight excluding hydrogens is 366 g/mol. The Labute approximate surface area is 162 Å². The molecule has 0 saturated carbocycles. The molecule has 0 radical (unpaired) electrons. The second-order valence-corrected chi connectivity index (χ2v) is 7.46. The Bertz CT molecular complexity index is 807. The van der Waals surface area contributed by atoms with Crippen LogP contribution in [0.25, 0.3) is 0 Å². The van der Waals surface area contributed by atoms with E-state index in [4.69, 9.17) is 14.2 Å². The molecule has 1 aromatic rings. The molecule has 3 aliphatic rings. The van der Waals surface area contributed by atoms with Gasteiger partial charge < -0.3 is 24.8 Å². The SMILES string of the molecule is C[C@@]1(Cc2ccc3c(c2)OCO3)NC(=O)N(CC(=O)NC[C@H]2CCCO2)C1=O. The van der Waals surface area contributed by atoms with E-state index in [0.717, 1.165) is 23.3 Å². The smallest absolute Gasteiger partial charge is 0.325 e. The van der Waals surface area contributed by atoms with Crippen molar-refractivity contribution in [3.8, 4) is 11.5 Å². The minimum Gasteiger partial charge on any atom is -0.454 e. The lowest BCUT2D eigenvalue weighted by molar-refractivity contribution is -0.134. The fraction of sp³-hybridized carbons (Fsp3) is 0.526. The predicted molar refractivity (Wildman–Crippen MR) is 96.9 cm³/mol. The molecule has 28 heavy (non-hydrogen) atoms. The number of carbonyl (C=O) groups excluding carboxylic acids is 3. The van der Waals surface area contributed by atoms with Crippen LogP contribution >= 0.6 is 0 Å². The van der Waals surface area contributed by atoms with Crippen molar-refractivity contribution in [2.45, 2.75) is 37.8 Å². The zero-order valence-electron chi connectivity index (χ0n) is 15.7. The third-order valence-corrected chi connectivity index (χ3v) is 5.19. The monoisotopic (exact) mass is 389 g/mol. The number of hydrogen-bond acceptors (Lipinski definition) is 6. The van der Waals surface area contributed by atoms with Gasteiger partial charge in [0.2, 0.25) is 12.7 Å². The summed E-state index contributed by atoms with van der Waals surface area (Å²) in [5, 5.41) is 5.44. The van der Waals surface area contributed by atoms with Gasteiger partial charge in [-0.05, 0) is 37.5 Å².